The molecule has 1 rings (SSSR count). The van der Waals surface area contributed by atoms with Crippen LogP contribution in [0.3, 0.4) is 0 Å². The van der Waals surface area contributed by atoms with Crippen LogP contribution >= 0.6 is 0 Å². The Balaban J connectivity index is 2.82. The number of aliphatic hydroxyl groups is 3. The lowest BCUT2D eigenvalue weighted by Gasteiger charge is -2.33. The number of ether oxygens (including phenoxy) is 7. The van der Waals surface area contributed by atoms with E-state index in [1.54, 1.807) is 0 Å². The molecule has 0 atom stereocenters. The maximum absolute atomic E-state index is 13.2. The Morgan fingerprint density at radius 2 is 0.860 bits per heavy atom. The summed E-state index contributed by atoms with van der Waals surface area (Å²) in [6, 6.07) is 9.13. The first-order chi connectivity index (χ1) is 27.8. The van der Waals surface area contributed by atoms with E-state index >= 15 is 0 Å². The summed E-state index contributed by atoms with van der Waals surface area (Å²) in [5.41, 5.74) is -0.559. The van der Waals surface area contributed by atoms with Gasteiger partial charge < -0.3 is 69.7 Å². The van der Waals surface area contributed by atoms with Crippen molar-refractivity contribution < 1.29 is 67.7 Å². The molecule has 0 fully saturated rings. The van der Waals surface area contributed by atoms with Gasteiger partial charge >= 0.3 is 6.09 Å². The molecule has 18 nitrogen and oxygen atoms in total. The Labute approximate surface area is 336 Å². The van der Waals surface area contributed by atoms with Gasteiger partial charge in [0.25, 0.3) is 0 Å². The Hall–Kier alpha value is -3.46. The quantitative estimate of drug-likeness (QED) is 0.0451. The molecule has 57 heavy (non-hydrogen) atoms. The van der Waals surface area contributed by atoms with Gasteiger partial charge in [0.15, 0.2) is 0 Å². The van der Waals surface area contributed by atoms with E-state index in [0.29, 0.717) is 97.8 Å². The van der Waals surface area contributed by atoms with Gasteiger partial charge in [0.2, 0.25) is 17.7 Å². The summed E-state index contributed by atoms with van der Waals surface area (Å²) >= 11 is 0. The van der Waals surface area contributed by atoms with Crippen LogP contribution < -0.4 is 21.3 Å². The van der Waals surface area contributed by atoms with Crippen LogP contribution in [0.4, 0.5) is 4.79 Å². The van der Waals surface area contributed by atoms with Crippen molar-refractivity contribution in [2.24, 2.45) is 0 Å². The molecule has 328 valence electrons. The molecule has 0 heterocycles. The van der Waals surface area contributed by atoms with Crippen molar-refractivity contribution >= 4 is 23.8 Å². The number of carbonyl (C=O) groups excluding carboxylic acids is 4. The monoisotopic (exact) mass is 816 g/mol. The number of aliphatic hydroxyl groups excluding tert-OH is 3. The molecule has 1 aromatic carbocycles. The molecule has 0 spiro atoms. The van der Waals surface area contributed by atoms with Gasteiger partial charge in [0.05, 0.1) is 39.6 Å². The van der Waals surface area contributed by atoms with Crippen molar-refractivity contribution in [1.82, 2.24) is 21.3 Å². The maximum atomic E-state index is 13.2. The van der Waals surface area contributed by atoms with Gasteiger partial charge in [-0.1, -0.05) is 30.3 Å². The van der Waals surface area contributed by atoms with Crippen LogP contribution in [0.1, 0.15) is 63.4 Å². The molecule has 0 aliphatic rings. The topological polar surface area (TPSA) is 242 Å². The minimum absolute atomic E-state index is 0.00272. The van der Waals surface area contributed by atoms with Crippen molar-refractivity contribution in [3.8, 4) is 0 Å². The fourth-order valence-corrected chi connectivity index (χ4v) is 4.78. The Kier molecular flexibility index (Phi) is 33.3. The molecular weight excluding hydrogens is 748 g/mol. The van der Waals surface area contributed by atoms with E-state index < -0.39 is 11.6 Å². The minimum atomic E-state index is -1.33. The lowest BCUT2D eigenvalue weighted by molar-refractivity contribution is -0.122. The van der Waals surface area contributed by atoms with Gasteiger partial charge in [-0.3, -0.25) is 14.4 Å². The SMILES string of the molecule is O=C(CCOCC(COCCC(=O)NCCCOCCCO)(COCCC(=O)NCCCOCCCO)NC(=O)OCc1ccccc1)NCCCOCCCO. The first kappa shape index (κ1) is 51.6. The van der Waals surface area contributed by atoms with E-state index in [0.717, 1.165) is 5.56 Å². The number of hydrogen-bond acceptors (Lipinski definition) is 14. The van der Waals surface area contributed by atoms with E-state index in [4.69, 9.17) is 48.5 Å². The van der Waals surface area contributed by atoms with E-state index in [2.05, 4.69) is 21.3 Å². The number of hydrogen-bond donors (Lipinski definition) is 7. The molecule has 1 aromatic rings. The van der Waals surface area contributed by atoms with Crippen molar-refractivity contribution in [2.45, 2.75) is 69.9 Å². The summed E-state index contributed by atoms with van der Waals surface area (Å²) in [6.07, 6.45) is 2.86. The van der Waals surface area contributed by atoms with Crippen molar-refractivity contribution in [3.63, 3.8) is 0 Å². The largest absolute Gasteiger partial charge is 0.445 e. The molecule has 0 saturated carbocycles. The Bertz CT molecular complexity index is 1060. The van der Waals surface area contributed by atoms with Crippen LogP contribution in [0.25, 0.3) is 0 Å². The number of amides is 4. The van der Waals surface area contributed by atoms with Gasteiger partial charge in [0, 0.05) is 98.4 Å². The van der Waals surface area contributed by atoms with Gasteiger partial charge in [-0.25, -0.2) is 4.79 Å². The molecular formula is C39H68N4O14. The zero-order valence-electron chi connectivity index (χ0n) is 33.5. The first-order valence-electron chi connectivity index (χ1n) is 19.9. The second kappa shape index (κ2) is 36.9. The third kappa shape index (κ3) is 31.2. The van der Waals surface area contributed by atoms with Gasteiger partial charge in [0.1, 0.15) is 12.1 Å². The van der Waals surface area contributed by atoms with E-state index in [1.165, 1.54) is 0 Å². The lowest BCUT2D eigenvalue weighted by atomic mass is 10.0. The lowest BCUT2D eigenvalue weighted by Crippen LogP contribution is -2.59. The van der Waals surface area contributed by atoms with Crippen LogP contribution in [0, 0.1) is 0 Å². The zero-order chi connectivity index (χ0) is 41.5. The summed E-state index contributed by atoms with van der Waals surface area (Å²) in [6.45, 7) is 3.73. The van der Waals surface area contributed by atoms with Gasteiger partial charge in [-0.2, -0.15) is 0 Å². The number of nitrogens with one attached hydrogen (secondary N) is 4. The first-order valence-corrected chi connectivity index (χ1v) is 19.9. The molecule has 0 unspecified atom stereocenters. The molecule has 0 radical (unpaired) electrons. The second-order valence-corrected chi connectivity index (χ2v) is 13.1. The van der Waals surface area contributed by atoms with Crippen LogP contribution in [-0.4, -0.2) is 163 Å². The average molecular weight is 817 g/mol. The van der Waals surface area contributed by atoms with Crippen molar-refractivity contribution in [1.29, 1.82) is 0 Å². The molecule has 0 aliphatic heterocycles. The summed E-state index contributed by atoms with van der Waals surface area (Å²) in [5.74, 6) is -0.697. The van der Waals surface area contributed by atoms with Crippen molar-refractivity contribution in [2.75, 3.05) is 119 Å². The molecule has 0 aromatic heterocycles. The predicted molar refractivity (Wildman–Crippen MR) is 209 cm³/mol. The minimum Gasteiger partial charge on any atom is -0.445 e. The third-order valence-corrected chi connectivity index (χ3v) is 7.84. The Morgan fingerprint density at radius 3 is 1.23 bits per heavy atom. The number of alkyl carbamates (subject to hydrolysis) is 1. The normalized spacial score (nSPS) is 11.3. The van der Waals surface area contributed by atoms with Crippen LogP contribution in [0.15, 0.2) is 30.3 Å². The van der Waals surface area contributed by atoms with Gasteiger partial charge in [-0.15, -0.1) is 0 Å². The van der Waals surface area contributed by atoms with Crippen molar-refractivity contribution in [3.05, 3.63) is 35.9 Å². The highest BCUT2D eigenvalue weighted by Gasteiger charge is 2.35. The number of benzene rings is 1. The fourth-order valence-electron chi connectivity index (χ4n) is 4.78. The smallest absolute Gasteiger partial charge is 0.408 e. The fraction of sp³-hybridized carbons (Fsp3) is 0.744. The second-order valence-electron chi connectivity index (χ2n) is 13.1. The van der Waals surface area contributed by atoms with Crippen LogP contribution in [0.5, 0.6) is 0 Å². The Morgan fingerprint density at radius 1 is 0.491 bits per heavy atom. The van der Waals surface area contributed by atoms with E-state index in [1.807, 2.05) is 30.3 Å². The zero-order valence-corrected chi connectivity index (χ0v) is 33.5. The molecule has 4 amide bonds. The standard InChI is InChI=1S/C39H68N4O14/c44-18-7-24-51-21-4-15-40-35(47)12-27-54-31-39(43-38(50)57-30-34-10-2-1-3-11-34,32-55-28-13-36(48)41-16-5-22-52-25-8-19-45)33-56-29-14-37(49)42-17-6-23-53-26-9-20-46/h1-3,10-11,44-46H,4-9,12-33H2,(H,40,47)(H,41,48)(H,42,49)(H,43,50). The summed E-state index contributed by atoms with van der Waals surface area (Å²) < 4.78 is 39.4. The molecule has 18 heteroatoms. The molecule has 7 N–H and O–H groups in total. The highest BCUT2D eigenvalue weighted by molar-refractivity contribution is 5.76. The highest BCUT2D eigenvalue weighted by atomic mass is 16.6. The summed E-state index contributed by atoms with van der Waals surface area (Å²) in [4.78, 5) is 50.5. The maximum Gasteiger partial charge on any atom is 0.408 e. The van der Waals surface area contributed by atoms with Gasteiger partial charge in [-0.05, 0) is 44.1 Å². The molecule has 0 saturated heterocycles. The van der Waals surface area contributed by atoms with E-state index in [9.17, 15) is 19.2 Å². The highest BCUT2D eigenvalue weighted by Crippen LogP contribution is 2.12. The molecule has 0 aliphatic carbocycles. The summed E-state index contributed by atoms with van der Waals surface area (Å²) in [5, 5.41) is 37.7. The number of rotatable bonds is 39. The predicted octanol–water partition coefficient (Wildman–Crippen LogP) is 0.588. The molecule has 0 bridgehead atoms. The van der Waals surface area contributed by atoms with Crippen LogP contribution in [0.2, 0.25) is 0 Å². The summed E-state index contributed by atoms with van der Waals surface area (Å²) in [7, 11) is 0. The van der Waals surface area contributed by atoms with E-state index in [-0.39, 0.29) is 103 Å². The number of carbonyl (C=O) groups is 4. The third-order valence-electron chi connectivity index (χ3n) is 7.84. The van der Waals surface area contributed by atoms with Crippen LogP contribution in [-0.2, 0) is 54.1 Å². The average Bonchev–Trinajstić information content (AvgIpc) is 3.21.